The maximum absolute atomic E-state index is 13.3. The minimum Gasteiger partial charge on any atom is -0.493 e. The highest BCUT2D eigenvalue weighted by atomic mass is 16.5. The third kappa shape index (κ3) is 4.20. The summed E-state index contributed by atoms with van der Waals surface area (Å²) in [5.41, 5.74) is 1.27. The maximum atomic E-state index is 13.3. The third-order valence-corrected chi connectivity index (χ3v) is 6.59. The van der Waals surface area contributed by atoms with E-state index >= 15 is 0 Å². The van der Waals surface area contributed by atoms with E-state index in [1.807, 2.05) is 75.1 Å². The third-order valence-electron chi connectivity index (χ3n) is 6.59. The van der Waals surface area contributed by atoms with Crippen LogP contribution in [-0.2, 0) is 4.79 Å². The molecule has 0 bridgehead atoms. The number of rotatable bonds is 5. The van der Waals surface area contributed by atoms with E-state index in [1.54, 1.807) is 0 Å². The molecular formula is C25H28N4O3. The number of amides is 2. The van der Waals surface area contributed by atoms with Crippen LogP contribution >= 0.6 is 0 Å². The number of carbonyl (C=O) groups is 2. The summed E-state index contributed by atoms with van der Waals surface area (Å²) in [6.45, 7) is 2.53. The monoisotopic (exact) mass is 432 g/mol. The lowest BCUT2D eigenvalue weighted by Crippen LogP contribution is -2.56. The van der Waals surface area contributed by atoms with E-state index in [9.17, 15) is 9.59 Å². The second-order valence-electron chi connectivity index (χ2n) is 8.60. The van der Waals surface area contributed by atoms with Gasteiger partial charge < -0.3 is 18.9 Å². The quantitative estimate of drug-likeness (QED) is 0.621. The summed E-state index contributed by atoms with van der Waals surface area (Å²) in [5, 5.41) is 0. The Balaban J connectivity index is 1.19. The van der Waals surface area contributed by atoms with E-state index in [-0.39, 0.29) is 17.9 Å². The topological polar surface area (TPSA) is 67.2 Å². The van der Waals surface area contributed by atoms with E-state index in [1.165, 1.54) is 0 Å². The number of ether oxygens (including phenoxy) is 1. The van der Waals surface area contributed by atoms with Crippen LogP contribution < -0.4 is 4.74 Å². The maximum Gasteiger partial charge on any atom is 0.274 e. The molecule has 32 heavy (non-hydrogen) atoms. The zero-order valence-corrected chi connectivity index (χ0v) is 18.1. The molecule has 2 aliphatic rings. The van der Waals surface area contributed by atoms with E-state index < -0.39 is 0 Å². The lowest BCUT2D eigenvalue weighted by molar-refractivity contribution is -0.135. The second-order valence-corrected chi connectivity index (χ2v) is 8.60. The molecule has 7 nitrogen and oxygen atoms in total. The van der Waals surface area contributed by atoms with Gasteiger partial charge in [-0.3, -0.25) is 9.59 Å². The highest BCUT2D eigenvalue weighted by Crippen LogP contribution is 2.32. The average molecular weight is 433 g/mol. The Bertz CT molecular complexity index is 1060. The van der Waals surface area contributed by atoms with Gasteiger partial charge in [-0.25, -0.2) is 4.98 Å². The van der Waals surface area contributed by atoms with Crippen molar-refractivity contribution in [3.8, 4) is 5.75 Å². The molecule has 0 saturated carbocycles. The molecule has 0 N–H and O–H groups in total. The molecule has 2 saturated heterocycles. The molecule has 2 atom stereocenters. The van der Waals surface area contributed by atoms with Gasteiger partial charge in [-0.2, -0.15) is 0 Å². The largest absolute Gasteiger partial charge is 0.493 e. The number of piperidine rings is 2. The predicted molar refractivity (Wildman–Crippen MR) is 120 cm³/mol. The molecule has 2 amide bonds. The van der Waals surface area contributed by atoms with E-state index in [0.29, 0.717) is 37.7 Å². The minimum atomic E-state index is -0.000521. The fourth-order valence-electron chi connectivity index (χ4n) is 5.00. The number of hydrogen-bond acceptors (Lipinski definition) is 4. The molecule has 3 aromatic rings. The number of hydrogen-bond donors (Lipinski definition) is 0. The first kappa shape index (κ1) is 20.5. The molecule has 2 aromatic heterocycles. The Kier molecular flexibility index (Phi) is 5.79. The Morgan fingerprint density at radius 2 is 1.88 bits per heavy atom. The summed E-state index contributed by atoms with van der Waals surface area (Å²) < 4.78 is 7.57. The normalized spacial score (nSPS) is 20.8. The van der Waals surface area contributed by atoms with Gasteiger partial charge in [-0.1, -0.05) is 24.3 Å². The van der Waals surface area contributed by atoms with Gasteiger partial charge >= 0.3 is 0 Å². The average Bonchev–Trinajstić information content (AvgIpc) is 3.28. The molecule has 0 spiro atoms. The van der Waals surface area contributed by atoms with Crippen molar-refractivity contribution in [3.63, 3.8) is 0 Å². The van der Waals surface area contributed by atoms with Crippen LogP contribution in [-0.4, -0.2) is 63.3 Å². The van der Waals surface area contributed by atoms with Gasteiger partial charge in [0.25, 0.3) is 5.91 Å². The lowest BCUT2D eigenvalue weighted by atomic mass is 9.83. The van der Waals surface area contributed by atoms with Crippen molar-refractivity contribution in [3.05, 3.63) is 66.6 Å². The fourth-order valence-corrected chi connectivity index (χ4v) is 5.00. The lowest BCUT2D eigenvalue weighted by Gasteiger charge is -2.47. The van der Waals surface area contributed by atoms with Gasteiger partial charge in [0.2, 0.25) is 5.91 Å². The van der Waals surface area contributed by atoms with E-state index in [2.05, 4.69) is 4.98 Å². The Hall–Kier alpha value is -3.35. The van der Waals surface area contributed by atoms with Crippen molar-refractivity contribution in [1.29, 1.82) is 0 Å². The summed E-state index contributed by atoms with van der Waals surface area (Å²) in [7, 11) is 0. The molecule has 0 aliphatic carbocycles. The van der Waals surface area contributed by atoms with Crippen LogP contribution in [0.1, 0.15) is 36.2 Å². The van der Waals surface area contributed by atoms with Crippen molar-refractivity contribution >= 4 is 17.5 Å². The zero-order valence-electron chi connectivity index (χ0n) is 18.1. The van der Waals surface area contributed by atoms with E-state index in [0.717, 1.165) is 37.2 Å². The van der Waals surface area contributed by atoms with Crippen LogP contribution in [0.2, 0.25) is 0 Å². The van der Waals surface area contributed by atoms with Crippen LogP contribution in [0.15, 0.2) is 60.9 Å². The first-order valence-electron chi connectivity index (χ1n) is 11.4. The molecule has 0 radical (unpaired) electrons. The molecule has 5 rings (SSSR count). The molecule has 4 heterocycles. The van der Waals surface area contributed by atoms with Gasteiger partial charge in [0, 0.05) is 38.1 Å². The number of aromatic nitrogens is 2. The van der Waals surface area contributed by atoms with Gasteiger partial charge in [0.15, 0.2) is 0 Å². The summed E-state index contributed by atoms with van der Waals surface area (Å²) in [5.74, 6) is 1.23. The number of nitrogens with zero attached hydrogens (tertiary/aromatic N) is 4. The van der Waals surface area contributed by atoms with E-state index in [4.69, 9.17) is 4.74 Å². The molecule has 1 aromatic carbocycles. The van der Waals surface area contributed by atoms with Crippen molar-refractivity contribution in [2.24, 2.45) is 5.92 Å². The summed E-state index contributed by atoms with van der Waals surface area (Å²) in [4.78, 5) is 34.5. The number of fused-ring (bicyclic) bond motifs is 2. The smallest absolute Gasteiger partial charge is 0.274 e. The van der Waals surface area contributed by atoms with Crippen LogP contribution in [0.5, 0.6) is 5.75 Å². The van der Waals surface area contributed by atoms with Gasteiger partial charge in [-0.15, -0.1) is 0 Å². The fraction of sp³-hybridized carbons (Fsp3) is 0.400. The van der Waals surface area contributed by atoms with Crippen molar-refractivity contribution in [2.45, 2.75) is 31.7 Å². The Morgan fingerprint density at radius 3 is 2.72 bits per heavy atom. The highest BCUT2D eigenvalue weighted by molar-refractivity contribution is 5.93. The van der Waals surface area contributed by atoms with Crippen molar-refractivity contribution < 1.29 is 14.3 Å². The van der Waals surface area contributed by atoms with Crippen LogP contribution in [0.25, 0.3) is 5.65 Å². The first-order chi connectivity index (χ1) is 15.7. The summed E-state index contributed by atoms with van der Waals surface area (Å²) in [6.07, 6.45) is 6.91. The van der Waals surface area contributed by atoms with Crippen LogP contribution in [0, 0.1) is 5.92 Å². The van der Waals surface area contributed by atoms with Crippen molar-refractivity contribution in [1.82, 2.24) is 19.2 Å². The number of para-hydroxylation sites is 1. The number of imidazole rings is 1. The molecule has 2 fully saturated rings. The first-order valence-corrected chi connectivity index (χ1v) is 11.4. The molecule has 0 unspecified atom stereocenters. The predicted octanol–water partition coefficient (Wildman–Crippen LogP) is 3.26. The van der Waals surface area contributed by atoms with Crippen LogP contribution in [0.3, 0.4) is 0 Å². The second kappa shape index (κ2) is 9.02. The molecule has 2 aliphatic heterocycles. The zero-order chi connectivity index (χ0) is 21.9. The van der Waals surface area contributed by atoms with Crippen LogP contribution in [0.4, 0.5) is 0 Å². The molecular weight excluding hydrogens is 404 g/mol. The summed E-state index contributed by atoms with van der Waals surface area (Å²) >= 11 is 0. The Morgan fingerprint density at radius 1 is 1.03 bits per heavy atom. The number of likely N-dealkylation sites (tertiary alicyclic amines) is 2. The van der Waals surface area contributed by atoms with Gasteiger partial charge in [0.1, 0.15) is 17.1 Å². The minimum absolute atomic E-state index is 0.000521. The van der Waals surface area contributed by atoms with Gasteiger partial charge in [0.05, 0.1) is 13.0 Å². The Labute approximate surface area is 187 Å². The standard InChI is InChI=1S/C25H28N4O3/c30-24(12-16-32-20-8-2-1-3-9-20)28-15-11-22-19(17-28)7-6-14-29(22)25(31)21-18-27-13-5-4-10-23(27)26-21/h1-5,8-10,13,18-19,22H,6-7,11-12,14-17H2/t19-,22+/m1/s1. The molecule has 166 valence electrons. The van der Waals surface area contributed by atoms with Crippen molar-refractivity contribution in [2.75, 3.05) is 26.2 Å². The highest BCUT2D eigenvalue weighted by Gasteiger charge is 2.39. The number of carbonyl (C=O) groups excluding carboxylic acids is 2. The SMILES string of the molecule is O=C(CCOc1ccccc1)N1CC[C@H]2[C@H](CCCN2C(=O)c2cn3ccccc3n2)C1. The summed E-state index contributed by atoms with van der Waals surface area (Å²) in [6, 6.07) is 15.5. The molecule has 7 heteroatoms. The number of benzene rings is 1. The number of pyridine rings is 1. The van der Waals surface area contributed by atoms with Gasteiger partial charge in [-0.05, 0) is 49.4 Å².